The van der Waals surface area contributed by atoms with E-state index in [1.165, 1.54) is 5.38 Å². The largest absolute Gasteiger partial charge is 0.457 e. The average molecular weight is 468 g/mol. The number of esters is 2. The summed E-state index contributed by atoms with van der Waals surface area (Å²) in [5.41, 5.74) is 5.56. The maximum atomic E-state index is 12.8. The summed E-state index contributed by atoms with van der Waals surface area (Å²) in [6, 6.07) is 7.33. The van der Waals surface area contributed by atoms with Crippen LogP contribution >= 0.6 is 32.5 Å². The first kappa shape index (κ1) is 22.0. The highest BCUT2D eigenvalue weighted by Crippen LogP contribution is 2.42. The Morgan fingerprint density at radius 2 is 2.00 bits per heavy atom. The summed E-state index contributed by atoms with van der Waals surface area (Å²) in [5, 5.41) is 5.64. The number of thiazole rings is 2. The minimum atomic E-state index is -0.859. The second kappa shape index (κ2) is 8.98. The molecule has 0 saturated heterocycles. The van der Waals surface area contributed by atoms with E-state index in [4.69, 9.17) is 20.0 Å². The van der Waals surface area contributed by atoms with E-state index >= 15 is 0 Å². The maximum Gasteiger partial charge on any atom is 0.456 e. The number of nitrogens with zero attached hydrogens (tertiary/aromatic N) is 3. The monoisotopic (exact) mass is 467 g/mol. The molecule has 0 aliphatic heterocycles. The van der Waals surface area contributed by atoms with Crippen LogP contribution in [-0.4, -0.2) is 39.8 Å². The lowest BCUT2D eigenvalue weighted by Crippen LogP contribution is -2.27. The molecule has 0 fully saturated rings. The summed E-state index contributed by atoms with van der Waals surface area (Å²) in [7, 11) is -0.809. The average Bonchev–Trinajstić information content (AvgIpc) is 3.21. The SMILES string of the molecule is CC(C)(C)OC(=O)CON=C(C(=O)Oc1nc2ccccc2[s+]1S)c1csc(N)n1. The highest BCUT2D eigenvalue weighted by molar-refractivity contribution is 8.35. The van der Waals surface area contributed by atoms with Crippen molar-refractivity contribution in [3.63, 3.8) is 0 Å². The molecular weight excluding hydrogens is 448 g/mol. The molecule has 12 heteroatoms. The molecule has 0 aliphatic rings. The second-order valence-corrected chi connectivity index (χ2v) is 10.2. The fourth-order valence-corrected chi connectivity index (χ4v) is 4.54. The minimum absolute atomic E-state index is 0.132. The molecule has 2 aromatic heterocycles. The van der Waals surface area contributed by atoms with E-state index in [0.717, 1.165) is 16.0 Å². The Morgan fingerprint density at radius 1 is 1.27 bits per heavy atom. The molecule has 0 amide bonds. The van der Waals surface area contributed by atoms with E-state index in [1.807, 2.05) is 18.2 Å². The maximum absolute atomic E-state index is 12.8. The molecule has 3 aromatic rings. The van der Waals surface area contributed by atoms with Crippen molar-refractivity contribution in [3.8, 4) is 5.19 Å². The van der Waals surface area contributed by atoms with Gasteiger partial charge in [0.15, 0.2) is 5.13 Å². The molecule has 0 bridgehead atoms. The molecule has 2 heterocycles. The number of fused-ring (bicyclic) bond motifs is 1. The van der Waals surface area contributed by atoms with Gasteiger partial charge in [-0.1, -0.05) is 17.3 Å². The number of carbonyl (C=O) groups excluding carboxylic acids is 2. The number of ether oxygens (including phenoxy) is 2. The fraction of sp³-hybridized carbons (Fsp3) is 0.278. The van der Waals surface area contributed by atoms with Gasteiger partial charge in [0.1, 0.15) is 38.0 Å². The third kappa shape index (κ3) is 5.46. The van der Waals surface area contributed by atoms with Crippen molar-refractivity contribution in [2.24, 2.45) is 5.16 Å². The zero-order chi connectivity index (χ0) is 21.9. The van der Waals surface area contributed by atoms with Gasteiger partial charge in [0.25, 0.3) is 0 Å². The molecule has 0 aliphatic carbocycles. The number of anilines is 1. The Balaban J connectivity index is 1.80. The van der Waals surface area contributed by atoms with Crippen LogP contribution in [-0.2, 0) is 19.2 Å². The molecule has 9 nitrogen and oxygen atoms in total. The number of oxime groups is 1. The molecule has 0 spiro atoms. The number of carbonyl (C=O) groups is 2. The molecule has 0 saturated carbocycles. The van der Waals surface area contributed by atoms with Gasteiger partial charge in [-0.15, -0.1) is 11.3 Å². The first-order valence-corrected chi connectivity index (χ1v) is 11.8. The summed E-state index contributed by atoms with van der Waals surface area (Å²) in [4.78, 5) is 37.9. The minimum Gasteiger partial charge on any atom is -0.457 e. The molecule has 158 valence electrons. The van der Waals surface area contributed by atoms with Crippen LogP contribution in [0.15, 0.2) is 34.8 Å². The van der Waals surface area contributed by atoms with Gasteiger partial charge in [-0.05, 0) is 26.8 Å². The molecule has 30 heavy (non-hydrogen) atoms. The molecule has 1 aromatic carbocycles. The van der Waals surface area contributed by atoms with Gasteiger partial charge in [-0.25, -0.2) is 14.6 Å². The number of aromatic nitrogens is 2. The van der Waals surface area contributed by atoms with Gasteiger partial charge >= 0.3 is 17.1 Å². The predicted molar refractivity (Wildman–Crippen MR) is 119 cm³/mol. The van der Waals surface area contributed by atoms with Gasteiger partial charge in [0.2, 0.25) is 17.0 Å². The topological polar surface area (TPSA) is 126 Å². The highest BCUT2D eigenvalue weighted by Gasteiger charge is 2.29. The van der Waals surface area contributed by atoms with Crippen molar-refractivity contribution in [2.45, 2.75) is 26.4 Å². The second-order valence-electron chi connectivity index (χ2n) is 6.89. The van der Waals surface area contributed by atoms with Crippen LogP contribution in [0.25, 0.3) is 10.2 Å². The molecular formula is C18H19N4O5S3+. The lowest BCUT2D eigenvalue weighted by atomic mass is 10.2. The standard InChI is InChI=1S/C18H19N4O5S3/c1-18(2,3)27-13(23)8-25-22-14(11-9-29-16(19)20-11)15(24)26-17-21-10-6-4-5-7-12(10)30(17)28/h4-7,9,28H,8H2,1-3H3,(H2,19,20)/q+1. The summed E-state index contributed by atoms with van der Waals surface area (Å²) in [6.45, 7) is 4.69. The van der Waals surface area contributed by atoms with E-state index in [-0.39, 0.29) is 21.7 Å². The molecule has 3 rings (SSSR count). The lowest BCUT2D eigenvalue weighted by Gasteiger charge is -2.18. The van der Waals surface area contributed by atoms with Gasteiger partial charge in [0, 0.05) is 11.4 Å². The van der Waals surface area contributed by atoms with Crippen molar-refractivity contribution < 1.29 is 23.9 Å². The Morgan fingerprint density at radius 3 is 2.63 bits per heavy atom. The summed E-state index contributed by atoms with van der Waals surface area (Å²) in [5.74, 6) is -1.49. The third-order valence-electron chi connectivity index (χ3n) is 3.35. The first-order chi connectivity index (χ1) is 14.1. The van der Waals surface area contributed by atoms with Crippen molar-refractivity contribution in [1.82, 2.24) is 9.97 Å². The molecule has 2 N–H and O–H groups in total. The third-order valence-corrected chi connectivity index (χ3v) is 6.35. The van der Waals surface area contributed by atoms with Crippen molar-refractivity contribution in [2.75, 3.05) is 12.3 Å². The normalized spacial score (nSPS) is 12.7. The van der Waals surface area contributed by atoms with Gasteiger partial charge in [0.05, 0.1) is 0 Å². The van der Waals surface area contributed by atoms with Crippen LogP contribution in [0, 0.1) is 0 Å². The fourth-order valence-electron chi connectivity index (χ4n) is 2.24. The van der Waals surface area contributed by atoms with Crippen LogP contribution in [0.3, 0.4) is 0 Å². The molecule has 1 unspecified atom stereocenters. The highest BCUT2D eigenvalue weighted by atomic mass is 33.1. The van der Waals surface area contributed by atoms with Crippen LogP contribution in [0.5, 0.6) is 5.19 Å². The Kier molecular flexibility index (Phi) is 6.58. The van der Waals surface area contributed by atoms with Crippen molar-refractivity contribution in [1.29, 1.82) is 0 Å². The number of benzene rings is 1. The Bertz CT molecular complexity index is 1120. The number of hydrogen-bond donors (Lipinski definition) is 2. The van der Waals surface area contributed by atoms with Crippen LogP contribution in [0.2, 0.25) is 0 Å². The number of nitrogen functional groups attached to an aromatic ring is 1. The molecule has 1 atom stereocenters. The summed E-state index contributed by atoms with van der Waals surface area (Å²) < 4.78 is 11.4. The van der Waals surface area contributed by atoms with E-state index < -0.39 is 33.6 Å². The zero-order valence-corrected chi connectivity index (χ0v) is 18.8. The Hall–Kier alpha value is -2.70. The van der Waals surface area contributed by atoms with Crippen molar-refractivity contribution in [3.05, 3.63) is 35.3 Å². The zero-order valence-electron chi connectivity index (χ0n) is 16.3. The number of hydrogen-bond acceptors (Lipinski definition) is 11. The van der Waals surface area contributed by atoms with E-state index in [0.29, 0.717) is 5.52 Å². The van der Waals surface area contributed by atoms with Crippen LogP contribution < -0.4 is 10.5 Å². The van der Waals surface area contributed by atoms with E-state index in [2.05, 4.69) is 26.8 Å². The number of nitrogens with two attached hydrogens (primary N) is 1. The Labute approximate surface area is 183 Å². The number of thiol groups is 1. The summed E-state index contributed by atoms with van der Waals surface area (Å²) >= 11 is 5.61. The van der Waals surface area contributed by atoms with Crippen LogP contribution in [0.1, 0.15) is 26.5 Å². The van der Waals surface area contributed by atoms with Gasteiger partial charge in [-0.2, -0.15) is 4.98 Å². The lowest BCUT2D eigenvalue weighted by molar-refractivity contribution is -0.160. The van der Waals surface area contributed by atoms with E-state index in [9.17, 15) is 9.59 Å². The van der Waals surface area contributed by atoms with Crippen LogP contribution in [0.4, 0.5) is 5.13 Å². The van der Waals surface area contributed by atoms with E-state index in [1.54, 1.807) is 26.8 Å². The van der Waals surface area contributed by atoms with Crippen molar-refractivity contribution >= 4 is 65.5 Å². The smallest absolute Gasteiger partial charge is 0.456 e. The number of rotatable bonds is 6. The number of para-hydroxylation sites is 1. The van der Waals surface area contributed by atoms with Gasteiger partial charge in [-0.3, -0.25) is 0 Å². The summed E-state index contributed by atoms with van der Waals surface area (Å²) in [6.07, 6.45) is 0. The van der Waals surface area contributed by atoms with Gasteiger partial charge < -0.3 is 20.0 Å². The predicted octanol–water partition coefficient (Wildman–Crippen LogP) is 3.38. The molecule has 0 radical (unpaired) electrons. The first-order valence-electron chi connectivity index (χ1n) is 8.60. The quantitative estimate of drug-likeness (QED) is 0.141.